The van der Waals surface area contributed by atoms with Gasteiger partial charge in [0.25, 0.3) is 0 Å². The Morgan fingerprint density at radius 3 is 1.98 bits per heavy atom. The number of aliphatic hydroxyl groups is 1. The molecule has 0 radical (unpaired) electrons. The third-order valence-electron chi connectivity index (χ3n) is 12.5. The molecule has 314 valence electrons. The van der Waals surface area contributed by atoms with Gasteiger partial charge < -0.3 is 38.3 Å². The van der Waals surface area contributed by atoms with Crippen LogP contribution >= 0.6 is 0 Å². The van der Waals surface area contributed by atoms with Gasteiger partial charge in [0, 0.05) is 63.9 Å². The van der Waals surface area contributed by atoms with Crippen LogP contribution < -0.4 is 0 Å². The molecule has 2 aromatic rings. The van der Waals surface area contributed by atoms with E-state index >= 15 is 0 Å². The van der Waals surface area contributed by atoms with Gasteiger partial charge in [0.2, 0.25) is 0 Å². The lowest BCUT2D eigenvalue weighted by atomic mass is 9.43. The quantitative estimate of drug-likeness (QED) is 0.156. The fourth-order valence-corrected chi connectivity index (χ4v) is 9.88. The number of rotatable bonds is 10. The minimum Gasteiger partial charge on any atom is -0.462 e. The van der Waals surface area contributed by atoms with Crippen molar-refractivity contribution in [3.8, 4) is 0 Å². The van der Waals surface area contributed by atoms with E-state index in [0.717, 1.165) is 27.7 Å². The van der Waals surface area contributed by atoms with Crippen molar-refractivity contribution in [1.29, 1.82) is 0 Å². The summed E-state index contributed by atoms with van der Waals surface area (Å²) in [6.45, 7) is 10.4. The van der Waals surface area contributed by atoms with Crippen LogP contribution in [0.15, 0.2) is 78.9 Å². The van der Waals surface area contributed by atoms with E-state index in [1.54, 1.807) is 49.4 Å². The molecular weight excluding hydrogens is 768 g/mol. The molecule has 2 aromatic carbocycles. The Bertz CT molecular complexity index is 2060. The Labute approximate surface area is 340 Å². The lowest BCUT2D eigenvalue weighted by Gasteiger charge is -2.65. The molecule has 11 atom stereocenters. The first-order valence-corrected chi connectivity index (χ1v) is 19.2. The van der Waals surface area contributed by atoms with E-state index in [1.165, 1.54) is 31.2 Å². The number of hydrogen-bond acceptors (Lipinski definition) is 15. The molecule has 4 aliphatic rings. The van der Waals surface area contributed by atoms with Gasteiger partial charge in [-0.05, 0) is 36.3 Å². The Morgan fingerprint density at radius 1 is 0.814 bits per heavy atom. The number of Topliss-reactive ketones (excluding diaryl/α,β-unsaturated/α-hetero) is 1. The Balaban J connectivity index is 1.65. The van der Waals surface area contributed by atoms with Crippen molar-refractivity contribution in [2.45, 2.75) is 96.1 Å². The molecule has 1 saturated heterocycles. The number of carbonyl (C=O) groups excluding carboxylic acids is 7. The standard InChI is InChI=1S/C44H48O15/c1-24-32(59-35(50)19-18-29-14-10-8-11-15-29)21-34(55-25(2)45)43(23-53-40(51)30-16-12-9-13-17-30)36(24)37(56-26(3)46)31-20-33(49)42(7)44(52,41(31,6)22-54-42)39(58-28(5)48)38(43)57-27(4)47/h8-19,31-32,34,36-39,52H,1,20-23H2,2-7H3/t31-,32-,34+,36?,37-,38+,39+,41-,42-,43+,44+/m0/s1. The number of hydrogen-bond donors (Lipinski definition) is 1. The van der Waals surface area contributed by atoms with Gasteiger partial charge >= 0.3 is 35.8 Å². The van der Waals surface area contributed by atoms with Crippen LogP contribution in [0, 0.1) is 22.7 Å². The molecule has 15 heteroatoms. The van der Waals surface area contributed by atoms with E-state index in [4.69, 9.17) is 33.2 Å². The van der Waals surface area contributed by atoms with Crippen molar-refractivity contribution < 1.29 is 71.8 Å². The molecule has 0 spiro atoms. The van der Waals surface area contributed by atoms with Crippen molar-refractivity contribution in [2.75, 3.05) is 13.2 Å². The van der Waals surface area contributed by atoms with E-state index in [0.29, 0.717) is 5.56 Å². The highest BCUT2D eigenvalue weighted by Crippen LogP contribution is 2.67. The molecule has 15 nitrogen and oxygen atoms in total. The smallest absolute Gasteiger partial charge is 0.338 e. The maximum atomic E-state index is 14.4. The molecule has 3 aliphatic carbocycles. The molecule has 1 N–H and O–H groups in total. The first kappa shape index (κ1) is 42.9. The molecule has 3 saturated carbocycles. The third-order valence-corrected chi connectivity index (χ3v) is 12.5. The van der Waals surface area contributed by atoms with Crippen LogP contribution in [0.4, 0.5) is 0 Å². The SMILES string of the molecule is C=C1C2[C@@H](OC(C)=O)[C@@H]3CC(=O)[C@]4(C)OC[C@]3(C)[C@]4(O)[C@H](OC(C)=O)[C@@H](OC(C)=O)[C@]2(COC(=O)c2ccccc2)[C@H](OC(C)=O)C[C@@H]1OC(=O)C=Cc1ccccc1. The van der Waals surface area contributed by atoms with E-state index in [-0.39, 0.29) is 24.2 Å². The summed E-state index contributed by atoms with van der Waals surface area (Å²) in [5.74, 6) is -8.70. The minimum absolute atomic E-state index is 0.0318. The van der Waals surface area contributed by atoms with Crippen molar-refractivity contribution in [3.05, 3.63) is 90.0 Å². The molecule has 1 unspecified atom stereocenters. The van der Waals surface area contributed by atoms with E-state index in [1.807, 2.05) is 6.07 Å². The topological polar surface area (TPSA) is 204 Å². The molecule has 0 amide bonds. The highest BCUT2D eigenvalue weighted by Gasteiger charge is 2.83. The van der Waals surface area contributed by atoms with Gasteiger partial charge in [-0.15, -0.1) is 0 Å². The highest BCUT2D eigenvalue weighted by molar-refractivity contribution is 5.92. The average molecular weight is 817 g/mol. The predicted octanol–water partition coefficient (Wildman–Crippen LogP) is 3.89. The van der Waals surface area contributed by atoms with Crippen molar-refractivity contribution in [1.82, 2.24) is 0 Å². The first-order valence-electron chi connectivity index (χ1n) is 19.2. The Kier molecular flexibility index (Phi) is 11.8. The molecule has 0 aromatic heterocycles. The van der Waals surface area contributed by atoms with Gasteiger partial charge in [-0.25, -0.2) is 9.59 Å². The van der Waals surface area contributed by atoms with Crippen LogP contribution in [0.3, 0.4) is 0 Å². The van der Waals surface area contributed by atoms with Crippen molar-refractivity contribution in [3.63, 3.8) is 0 Å². The van der Waals surface area contributed by atoms with Crippen LogP contribution in [0.1, 0.15) is 70.3 Å². The van der Waals surface area contributed by atoms with Crippen molar-refractivity contribution >= 4 is 47.7 Å². The third kappa shape index (κ3) is 7.35. The van der Waals surface area contributed by atoms with Crippen molar-refractivity contribution in [2.24, 2.45) is 22.7 Å². The summed E-state index contributed by atoms with van der Waals surface area (Å²) in [5.41, 5.74) is -7.59. The molecule has 1 heterocycles. The second-order valence-electron chi connectivity index (χ2n) is 16.0. The monoisotopic (exact) mass is 816 g/mol. The Hall–Kier alpha value is -5.67. The van der Waals surface area contributed by atoms with Gasteiger partial charge in [0.1, 0.15) is 30.5 Å². The summed E-state index contributed by atoms with van der Waals surface area (Å²) >= 11 is 0. The molecule has 59 heavy (non-hydrogen) atoms. The highest BCUT2D eigenvalue weighted by atomic mass is 16.6. The number of ketones is 1. The zero-order valence-corrected chi connectivity index (χ0v) is 33.7. The lowest BCUT2D eigenvalue weighted by Crippen LogP contribution is -2.81. The van der Waals surface area contributed by atoms with Gasteiger partial charge in [-0.1, -0.05) is 62.0 Å². The van der Waals surface area contributed by atoms with E-state index < -0.39 is 119 Å². The molecule has 1 aliphatic heterocycles. The number of ether oxygens (including phenoxy) is 7. The number of esters is 6. The fourth-order valence-electron chi connectivity index (χ4n) is 9.88. The molecule has 4 fully saturated rings. The van der Waals surface area contributed by atoms with Crippen LogP contribution in [-0.2, 0) is 61.9 Å². The second-order valence-corrected chi connectivity index (χ2v) is 16.0. The van der Waals surface area contributed by atoms with Crippen LogP contribution in [0.5, 0.6) is 0 Å². The van der Waals surface area contributed by atoms with Gasteiger partial charge in [0.05, 0.1) is 17.6 Å². The van der Waals surface area contributed by atoms with Gasteiger partial charge in [-0.3, -0.25) is 24.0 Å². The minimum atomic E-state index is -2.54. The normalized spacial score (nSPS) is 34.7. The fraction of sp³-hybridized carbons (Fsp3) is 0.477. The second kappa shape index (κ2) is 16.2. The maximum Gasteiger partial charge on any atom is 0.338 e. The number of benzene rings is 2. The van der Waals surface area contributed by atoms with Crippen LogP contribution in [-0.4, -0.2) is 102 Å². The van der Waals surface area contributed by atoms with E-state index in [2.05, 4.69) is 6.58 Å². The van der Waals surface area contributed by atoms with E-state index in [9.17, 15) is 38.7 Å². The lowest BCUT2D eigenvalue weighted by molar-refractivity contribution is -0.302. The van der Waals surface area contributed by atoms with Crippen LogP contribution in [0.2, 0.25) is 0 Å². The maximum absolute atomic E-state index is 14.4. The average Bonchev–Trinajstić information content (AvgIpc) is 3.32. The predicted molar refractivity (Wildman–Crippen MR) is 205 cm³/mol. The first-order chi connectivity index (χ1) is 27.8. The summed E-state index contributed by atoms with van der Waals surface area (Å²) in [5, 5.41) is 13.4. The summed E-state index contributed by atoms with van der Waals surface area (Å²) in [6, 6.07) is 16.8. The largest absolute Gasteiger partial charge is 0.462 e. The summed E-state index contributed by atoms with van der Waals surface area (Å²) in [6.07, 6.45) is -6.44. The van der Waals surface area contributed by atoms with Crippen LogP contribution in [0.25, 0.3) is 6.08 Å². The van der Waals surface area contributed by atoms with Gasteiger partial charge in [-0.2, -0.15) is 0 Å². The van der Waals surface area contributed by atoms with Gasteiger partial charge in [0.15, 0.2) is 23.6 Å². The molecular formula is C44H48O15. The zero-order chi connectivity index (χ0) is 43.1. The summed E-state index contributed by atoms with van der Waals surface area (Å²) in [7, 11) is 0. The summed E-state index contributed by atoms with van der Waals surface area (Å²) < 4.78 is 42.7. The number of fused-ring (bicyclic) bond motifs is 1. The number of carbonyl (C=O) groups is 7. The molecule has 4 bridgehead atoms. The zero-order valence-electron chi connectivity index (χ0n) is 33.7. The summed E-state index contributed by atoms with van der Waals surface area (Å²) in [4.78, 5) is 95.0. The molecule has 6 rings (SSSR count). The Morgan fingerprint density at radius 2 is 1.39 bits per heavy atom.